The fourth-order valence-corrected chi connectivity index (χ4v) is 4.01. The van der Waals surface area contributed by atoms with Crippen molar-refractivity contribution in [3.05, 3.63) is 53.8 Å². The first kappa shape index (κ1) is 16.9. The van der Waals surface area contributed by atoms with Gasteiger partial charge in [0.1, 0.15) is 11.6 Å². The number of anilines is 1. The number of amides is 1. The monoisotopic (exact) mass is 369 g/mol. The van der Waals surface area contributed by atoms with Crippen LogP contribution in [0.25, 0.3) is 10.2 Å². The number of benzene rings is 1. The molecule has 3 aromatic rings. The lowest BCUT2D eigenvalue weighted by Crippen LogP contribution is -2.49. The van der Waals surface area contributed by atoms with E-state index in [2.05, 4.69) is 27.0 Å². The SMILES string of the molecule is O=C(COCc1nc2ccccc2s1)N1CCN(c2cc[nH+]cc2)CC1. The average molecular weight is 369 g/mol. The molecule has 1 aromatic carbocycles. The molecule has 0 radical (unpaired) electrons. The van der Waals surface area contributed by atoms with E-state index in [1.54, 1.807) is 11.3 Å². The lowest BCUT2D eigenvalue weighted by atomic mass is 10.2. The first-order valence-corrected chi connectivity index (χ1v) is 9.52. The number of piperazine rings is 1. The van der Waals surface area contributed by atoms with Gasteiger partial charge in [-0.15, -0.1) is 11.3 Å². The number of nitrogens with one attached hydrogen (secondary N) is 1. The van der Waals surface area contributed by atoms with Crippen LogP contribution in [0.4, 0.5) is 5.69 Å². The summed E-state index contributed by atoms with van der Waals surface area (Å²) >= 11 is 1.61. The maximum Gasteiger partial charge on any atom is 0.248 e. The van der Waals surface area contributed by atoms with E-state index in [4.69, 9.17) is 4.74 Å². The minimum absolute atomic E-state index is 0.0483. The number of hydrogen-bond acceptors (Lipinski definition) is 5. The topological polar surface area (TPSA) is 59.8 Å². The second-order valence-corrected chi connectivity index (χ2v) is 7.31. The summed E-state index contributed by atoms with van der Waals surface area (Å²) in [6.07, 6.45) is 3.84. The van der Waals surface area contributed by atoms with Crippen LogP contribution in [0.1, 0.15) is 5.01 Å². The van der Waals surface area contributed by atoms with E-state index in [0.717, 1.165) is 41.4 Å². The molecule has 0 bridgehead atoms. The maximum atomic E-state index is 12.4. The van der Waals surface area contributed by atoms with Gasteiger partial charge in [0.2, 0.25) is 5.91 Å². The van der Waals surface area contributed by atoms with Crippen molar-refractivity contribution in [1.29, 1.82) is 0 Å². The molecule has 1 aliphatic rings. The lowest BCUT2D eigenvalue weighted by Gasteiger charge is -2.35. The van der Waals surface area contributed by atoms with E-state index in [-0.39, 0.29) is 12.5 Å². The Kier molecular flexibility index (Phi) is 5.08. The van der Waals surface area contributed by atoms with E-state index in [1.165, 1.54) is 5.69 Å². The maximum absolute atomic E-state index is 12.4. The Labute approximate surface area is 156 Å². The number of aromatic amines is 1. The first-order valence-electron chi connectivity index (χ1n) is 8.70. The van der Waals surface area contributed by atoms with Gasteiger partial charge in [0.15, 0.2) is 12.4 Å². The summed E-state index contributed by atoms with van der Waals surface area (Å²) < 4.78 is 6.76. The largest absolute Gasteiger partial charge is 0.368 e. The Morgan fingerprint density at radius 1 is 1.12 bits per heavy atom. The van der Waals surface area contributed by atoms with Crippen molar-refractivity contribution in [2.24, 2.45) is 0 Å². The van der Waals surface area contributed by atoms with Crippen molar-refractivity contribution in [3.63, 3.8) is 0 Å². The highest BCUT2D eigenvalue weighted by atomic mass is 32.1. The zero-order valence-corrected chi connectivity index (χ0v) is 15.2. The molecular formula is C19H21N4O2S+. The molecule has 1 aliphatic heterocycles. The van der Waals surface area contributed by atoms with Gasteiger partial charge >= 0.3 is 0 Å². The normalized spacial score (nSPS) is 14.8. The number of fused-ring (bicyclic) bond motifs is 1. The zero-order chi connectivity index (χ0) is 17.8. The number of carbonyl (C=O) groups excluding carboxylic acids is 1. The molecule has 3 heterocycles. The van der Waals surface area contributed by atoms with Crippen molar-refractivity contribution in [3.8, 4) is 0 Å². The van der Waals surface area contributed by atoms with Crippen LogP contribution in [0.5, 0.6) is 0 Å². The van der Waals surface area contributed by atoms with Crippen LogP contribution in [-0.2, 0) is 16.1 Å². The second kappa shape index (κ2) is 7.80. The fourth-order valence-electron chi connectivity index (χ4n) is 3.10. The third-order valence-corrected chi connectivity index (χ3v) is 5.50. The zero-order valence-electron chi connectivity index (χ0n) is 14.4. The number of H-pyrrole nitrogens is 1. The van der Waals surface area contributed by atoms with E-state index in [0.29, 0.717) is 6.61 Å². The molecule has 26 heavy (non-hydrogen) atoms. The molecule has 7 heteroatoms. The first-order chi connectivity index (χ1) is 12.8. The molecule has 0 atom stereocenters. The van der Waals surface area contributed by atoms with Gasteiger partial charge in [-0.25, -0.2) is 9.97 Å². The highest BCUT2D eigenvalue weighted by molar-refractivity contribution is 7.18. The van der Waals surface area contributed by atoms with Gasteiger partial charge in [0, 0.05) is 44.0 Å². The highest BCUT2D eigenvalue weighted by Gasteiger charge is 2.21. The summed E-state index contributed by atoms with van der Waals surface area (Å²) in [5, 5.41) is 0.907. The summed E-state index contributed by atoms with van der Waals surface area (Å²) in [5.74, 6) is 0.0483. The molecule has 1 fully saturated rings. The van der Waals surface area contributed by atoms with Crippen LogP contribution in [0.3, 0.4) is 0 Å². The Morgan fingerprint density at radius 2 is 1.88 bits per heavy atom. The molecule has 134 valence electrons. The number of para-hydroxylation sites is 1. The van der Waals surface area contributed by atoms with Crippen LogP contribution in [0.2, 0.25) is 0 Å². The number of hydrogen-bond donors (Lipinski definition) is 0. The minimum atomic E-state index is 0.0483. The number of aromatic nitrogens is 2. The van der Waals surface area contributed by atoms with Gasteiger partial charge in [-0.1, -0.05) is 12.1 Å². The van der Waals surface area contributed by atoms with E-state index in [1.807, 2.05) is 41.6 Å². The van der Waals surface area contributed by atoms with Gasteiger partial charge in [0.05, 0.1) is 16.8 Å². The summed E-state index contributed by atoms with van der Waals surface area (Å²) in [5.41, 5.74) is 2.17. The van der Waals surface area contributed by atoms with E-state index in [9.17, 15) is 4.79 Å². The number of rotatable bonds is 5. The third kappa shape index (κ3) is 3.84. The molecular weight excluding hydrogens is 348 g/mol. The molecule has 0 saturated carbocycles. The van der Waals surface area contributed by atoms with Gasteiger partial charge in [-0.2, -0.15) is 0 Å². The van der Waals surface area contributed by atoms with Crippen LogP contribution >= 0.6 is 11.3 Å². The molecule has 0 unspecified atom stereocenters. The predicted octanol–water partition coefficient (Wildman–Crippen LogP) is 1.98. The van der Waals surface area contributed by atoms with Gasteiger partial charge in [-0.3, -0.25) is 4.79 Å². The van der Waals surface area contributed by atoms with E-state index < -0.39 is 0 Å². The standard InChI is InChI=1S/C19H20N4O2S/c24-19(14-25-13-18-21-16-3-1-2-4-17(16)26-18)23-11-9-22(10-12-23)15-5-7-20-8-6-15/h1-8H,9-14H2/p+1. The van der Waals surface area contributed by atoms with Gasteiger partial charge < -0.3 is 14.5 Å². The van der Waals surface area contributed by atoms with Crippen LogP contribution in [0.15, 0.2) is 48.8 Å². The van der Waals surface area contributed by atoms with Crippen LogP contribution in [-0.4, -0.2) is 48.6 Å². The highest BCUT2D eigenvalue weighted by Crippen LogP contribution is 2.22. The number of pyridine rings is 1. The van der Waals surface area contributed by atoms with Crippen molar-refractivity contribution in [2.45, 2.75) is 6.61 Å². The van der Waals surface area contributed by atoms with Crippen molar-refractivity contribution in [1.82, 2.24) is 9.88 Å². The number of nitrogens with zero attached hydrogens (tertiary/aromatic N) is 3. The number of ether oxygens (including phenoxy) is 1. The molecule has 1 amide bonds. The quantitative estimate of drug-likeness (QED) is 0.690. The smallest absolute Gasteiger partial charge is 0.248 e. The van der Waals surface area contributed by atoms with Gasteiger partial charge in [0.25, 0.3) is 0 Å². The number of carbonyl (C=O) groups is 1. The van der Waals surface area contributed by atoms with Crippen molar-refractivity contribution < 1.29 is 14.5 Å². The summed E-state index contributed by atoms with van der Waals surface area (Å²) in [7, 11) is 0. The molecule has 2 aromatic heterocycles. The van der Waals surface area contributed by atoms with Crippen LogP contribution in [0, 0.1) is 0 Å². The summed E-state index contributed by atoms with van der Waals surface area (Å²) in [4.78, 5) is 24.1. The molecule has 6 nitrogen and oxygen atoms in total. The summed E-state index contributed by atoms with van der Waals surface area (Å²) in [6, 6.07) is 12.1. The minimum Gasteiger partial charge on any atom is -0.368 e. The predicted molar refractivity (Wildman–Crippen MR) is 101 cm³/mol. The Bertz CT molecular complexity index is 842. The summed E-state index contributed by atoms with van der Waals surface area (Å²) in [6.45, 7) is 3.62. The Morgan fingerprint density at radius 3 is 2.65 bits per heavy atom. The fraction of sp³-hybridized carbons (Fsp3) is 0.316. The molecule has 0 spiro atoms. The Hall–Kier alpha value is -2.51. The van der Waals surface area contributed by atoms with Crippen molar-refractivity contribution >= 4 is 33.1 Å². The lowest BCUT2D eigenvalue weighted by molar-refractivity contribution is -0.377. The third-order valence-electron chi connectivity index (χ3n) is 4.49. The van der Waals surface area contributed by atoms with Crippen molar-refractivity contribution in [2.75, 3.05) is 37.7 Å². The van der Waals surface area contributed by atoms with Gasteiger partial charge in [-0.05, 0) is 12.1 Å². The molecule has 1 saturated heterocycles. The number of thiazole rings is 1. The molecule has 0 aliphatic carbocycles. The average Bonchev–Trinajstić information content (AvgIpc) is 3.11. The second-order valence-electron chi connectivity index (χ2n) is 6.19. The molecule has 4 rings (SSSR count). The van der Waals surface area contributed by atoms with E-state index >= 15 is 0 Å². The van der Waals surface area contributed by atoms with Crippen LogP contribution < -0.4 is 9.88 Å². The molecule has 1 N–H and O–H groups in total. The Balaban J connectivity index is 1.24.